The molecule has 6 nitrogen and oxygen atoms in total. The lowest BCUT2D eigenvalue weighted by Crippen LogP contribution is -2.39. The molecule has 5 rings (SSSR count). The standard InChI is InChI=1S/C23H21ClN2O4S/c1-11-21(12(2)27)31-23(25-11)26-18(13-7-9-14(24)10-8-13)17-19(28)15-5-3-4-6-16(15)30-20(17)22(26)29/h7-10,15-16,18H,3-6H2,1-2H3. The van der Waals surface area contributed by atoms with Crippen LogP contribution in [0.3, 0.4) is 0 Å². The van der Waals surface area contributed by atoms with Gasteiger partial charge in [0.15, 0.2) is 22.5 Å². The summed E-state index contributed by atoms with van der Waals surface area (Å²) in [4.78, 5) is 45.7. The number of thiazole rings is 1. The van der Waals surface area contributed by atoms with Gasteiger partial charge in [0.2, 0.25) is 0 Å². The molecular formula is C23H21ClN2O4S. The summed E-state index contributed by atoms with van der Waals surface area (Å²) < 4.78 is 6.16. The summed E-state index contributed by atoms with van der Waals surface area (Å²) in [6.07, 6.45) is 3.27. The number of rotatable bonds is 3. The minimum atomic E-state index is -0.652. The molecule has 3 atom stereocenters. The number of carbonyl (C=O) groups is 3. The molecule has 8 heteroatoms. The number of ketones is 2. The summed E-state index contributed by atoms with van der Waals surface area (Å²) in [5, 5.41) is 0.956. The normalized spacial score (nSPS) is 25.4. The molecule has 160 valence electrons. The predicted molar refractivity (Wildman–Crippen MR) is 117 cm³/mol. The fraction of sp³-hybridized carbons (Fsp3) is 0.391. The van der Waals surface area contributed by atoms with Gasteiger partial charge >= 0.3 is 0 Å². The van der Waals surface area contributed by atoms with Gasteiger partial charge in [-0.15, -0.1) is 0 Å². The smallest absolute Gasteiger partial charge is 0.296 e. The quantitative estimate of drug-likeness (QED) is 0.619. The highest BCUT2D eigenvalue weighted by Crippen LogP contribution is 2.49. The van der Waals surface area contributed by atoms with E-state index < -0.39 is 6.04 Å². The van der Waals surface area contributed by atoms with Gasteiger partial charge in [0.1, 0.15) is 6.10 Å². The monoisotopic (exact) mass is 456 g/mol. The van der Waals surface area contributed by atoms with Crippen molar-refractivity contribution in [3.05, 3.63) is 56.8 Å². The number of nitrogens with zero attached hydrogens (tertiary/aromatic N) is 2. The van der Waals surface area contributed by atoms with Crippen LogP contribution in [0.5, 0.6) is 0 Å². The number of amides is 1. The van der Waals surface area contributed by atoms with Crippen LogP contribution in [0.2, 0.25) is 5.02 Å². The fourth-order valence-corrected chi connectivity index (χ4v) is 5.93. The largest absolute Gasteiger partial charge is 0.483 e. The van der Waals surface area contributed by atoms with Crippen LogP contribution in [0, 0.1) is 12.8 Å². The maximum absolute atomic E-state index is 13.6. The molecule has 1 aromatic carbocycles. The molecule has 1 aromatic heterocycles. The molecule has 1 saturated carbocycles. The number of carbonyl (C=O) groups excluding carboxylic acids is 3. The van der Waals surface area contributed by atoms with Crippen molar-refractivity contribution in [1.29, 1.82) is 0 Å². The number of fused-ring (bicyclic) bond motifs is 1. The number of aryl methyl sites for hydroxylation is 1. The number of hydrogen-bond acceptors (Lipinski definition) is 6. The second-order valence-electron chi connectivity index (χ2n) is 8.25. The minimum absolute atomic E-state index is 0.0122. The summed E-state index contributed by atoms with van der Waals surface area (Å²) in [5.41, 5.74) is 1.72. The lowest BCUT2D eigenvalue weighted by molar-refractivity contribution is -0.131. The molecule has 2 aromatic rings. The van der Waals surface area contributed by atoms with Crippen molar-refractivity contribution >= 4 is 45.5 Å². The average Bonchev–Trinajstić information content (AvgIpc) is 3.27. The molecule has 2 aliphatic heterocycles. The van der Waals surface area contributed by atoms with Crippen LogP contribution < -0.4 is 4.90 Å². The predicted octanol–water partition coefficient (Wildman–Crippen LogP) is 4.81. The van der Waals surface area contributed by atoms with Crippen molar-refractivity contribution in [2.75, 3.05) is 4.90 Å². The van der Waals surface area contributed by atoms with Crippen molar-refractivity contribution in [3.8, 4) is 0 Å². The van der Waals surface area contributed by atoms with Gasteiger partial charge in [-0.05, 0) is 43.9 Å². The molecular weight excluding hydrogens is 436 g/mol. The highest BCUT2D eigenvalue weighted by Gasteiger charge is 2.53. The minimum Gasteiger partial charge on any atom is -0.483 e. The zero-order valence-electron chi connectivity index (χ0n) is 17.2. The topological polar surface area (TPSA) is 76.6 Å². The Bertz CT molecular complexity index is 1140. The molecule has 1 fully saturated rings. The Hall–Kier alpha value is -2.51. The molecule has 3 heterocycles. The van der Waals surface area contributed by atoms with E-state index in [1.54, 1.807) is 19.1 Å². The number of halogens is 1. The molecule has 1 aliphatic carbocycles. The zero-order chi connectivity index (χ0) is 21.9. The molecule has 0 spiro atoms. The van der Waals surface area contributed by atoms with Crippen molar-refractivity contribution in [3.63, 3.8) is 0 Å². The van der Waals surface area contributed by atoms with Crippen LogP contribution in [0.15, 0.2) is 35.6 Å². The van der Waals surface area contributed by atoms with Crippen LogP contribution in [0.4, 0.5) is 5.13 Å². The van der Waals surface area contributed by atoms with E-state index in [4.69, 9.17) is 16.3 Å². The third-order valence-electron chi connectivity index (χ3n) is 6.26. The third kappa shape index (κ3) is 3.22. The zero-order valence-corrected chi connectivity index (χ0v) is 18.8. The first-order valence-electron chi connectivity index (χ1n) is 10.4. The van der Waals surface area contributed by atoms with E-state index in [0.717, 1.165) is 31.2 Å². The molecule has 3 unspecified atom stereocenters. The Morgan fingerprint density at radius 2 is 1.90 bits per heavy atom. The van der Waals surface area contributed by atoms with E-state index in [1.807, 2.05) is 12.1 Å². The van der Waals surface area contributed by atoms with Gasteiger partial charge in [-0.25, -0.2) is 4.98 Å². The highest BCUT2D eigenvalue weighted by molar-refractivity contribution is 7.17. The summed E-state index contributed by atoms with van der Waals surface area (Å²) >= 11 is 7.25. The summed E-state index contributed by atoms with van der Waals surface area (Å²) in [5.74, 6) is -0.587. The molecule has 3 aliphatic rings. The molecule has 0 N–H and O–H groups in total. The average molecular weight is 457 g/mol. The van der Waals surface area contributed by atoms with Gasteiger partial charge in [-0.2, -0.15) is 0 Å². The van der Waals surface area contributed by atoms with Crippen LogP contribution in [-0.4, -0.2) is 28.6 Å². The second kappa shape index (κ2) is 7.57. The maximum Gasteiger partial charge on any atom is 0.296 e. The van der Waals surface area contributed by atoms with Crippen LogP contribution in [0.1, 0.15) is 59.6 Å². The fourth-order valence-electron chi connectivity index (χ4n) is 4.81. The maximum atomic E-state index is 13.6. The van der Waals surface area contributed by atoms with Crippen LogP contribution in [-0.2, 0) is 14.3 Å². The summed E-state index contributed by atoms with van der Waals surface area (Å²) in [7, 11) is 0. The first-order chi connectivity index (χ1) is 14.9. The lowest BCUT2D eigenvalue weighted by Gasteiger charge is -2.35. The number of benzene rings is 1. The number of anilines is 1. The molecule has 1 amide bonds. The van der Waals surface area contributed by atoms with Gasteiger partial charge in [0, 0.05) is 11.9 Å². The Morgan fingerprint density at radius 1 is 1.19 bits per heavy atom. The van der Waals surface area contributed by atoms with E-state index >= 15 is 0 Å². The molecule has 0 bridgehead atoms. The SMILES string of the molecule is CC(=O)c1sc(N2C(=O)C3=C(C(=O)C4CCCCC4O3)C2c2ccc(Cl)cc2)nc1C. The third-order valence-corrected chi connectivity index (χ3v) is 7.77. The second-order valence-corrected chi connectivity index (χ2v) is 9.66. The first-order valence-corrected chi connectivity index (χ1v) is 11.6. The van der Waals surface area contributed by atoms with Gasteiger partial charge in [0.05, 0.1) is 28.1 Å². The van der Waals surface area contributed by atoms with E-state index in [2.05, 4.69) is 4.98 Å². The summed E-state index contributed by atoms with van der Waals surface area (Å²) in [6.45, 7) is 3.23. The number of ether oxygens (including phenoxy) is 1. The van der Waals surface area contributed by atoms with Crippen LogP contribution in [0.25, 0.3) is 0 Å². The Balaban J connectivity index is 1.66. The Kier molecular flexibility index (Phi) is 4.98. The number of aromatic nitrogens is 1. The summed E-state index contributed by atoms with van der Waals surface area (Å²) in [6, 6.07) is 6.46. The van der Waals surface area contributed by atoms with E-state index in [9.17, 15) is 14.4 Å². The lowest BCUT2D eigenvalue weighted by atomic mass is 9.77. The Labute approximate surface area is 188 Å². The van der Waals surface area contributed by atoms with Gasteiger partial charge in [0.25, 0.3) is 5.91 Å². The van der Waals surface area contributed by atoms with Crippen molar-refractivity contribution < 1.29 is 19.1 Å². The van der Waals surface area contributed by atoms with Crippen molar-refractivity contribution in [2.45, 2.75) is 51.7 Å². The van der Waals surface area contributed by atoms with Gasteiger partial charge in [-0.1, -0.05) is 41.5 Å². The highest BCUT2D eigenvalue weighted by atomic mass is 35.5. The van der Waals surface area contributed by atoms with Crippen molar-refractivity contribution in [1.82, 2.24) is 4.98 Å². The van der Waals surface area contributed by atoms with Crippen molar-refractivity contribution in [2.24, 2.45) is 5.92 Å². The molecule has 0 radical (unpaired) electrons. The van der Waals surface area contributed by atoms with Crippen LogP contribution >= 0.6 is 22.9 Å². The first kappa shape index (κ1) is 20.4. The van der Waals surface area contributed by atoms with Gasteiger partial charge in [-0.3, -0.25) is 19.3 Å². The van der Waals surface area contributed by atoms with Gasteiger partial charge < -0.3 is 4.74 Å². The number of Topliss-reactive ketones (excluding diaryl/α,β-unsaturated/α-hetero) is 2. The van der Waals surface area contributed by atoms with E-state index in [0.29, 0.717) is 26.3 Å². The van der Waals surface area contributed by atoms with E-state index in [1.165, 1.54) is 23.2 Å². The van der Waals surface area contributed by atoms with E-state index in [-0.39, 0.29) is 35.3 Å². The Morgan fingerprint density at radius 3 is 2.58 bits per heavy atom. The molecule has 31 heavy (non-hydrogen) atoms. The number of hydrogen-bond donors (Lipinski definition) is 0. The molecule has 0 saturated heterocycles.